The molecule has 0 spiro atoms. The van der Waals surface area contributed by atoms with Crippen LogP contribution < -0.4 is 0 Å². The Morgan fingerprint density at radius 2 is 1.76 bits per heavy atom. The Morgan fingerprint density at radius 3 is 2.48 bits per heavy atom. The molecule has 0 saturated heterocycles. The van der Waals surface area contributed by atoms with E-state index in [2.05, 4.69) is 28.9 Å². The van der Waals surface area contributed by atoms with E-state index in [0.717, 1.165) is 12.1 Å². The SMILES string of the molecule is CN(Cc1ccccc1)Cc1ccc(F)c(C#CCO)c1. The number of aliphatic hydroxyl groups excluding tert-OH is 1. The standard InChI is InChI=1S/C18H18FNO/c1-20(13-15-6-3-2-4-7-15)14-16-9-10-18(19)17(12-16)8-5-11-21/h2-4,6-7,9-10,12,21H,11,13-14H2,1H3. The summed E-state index contributed by atoms with van der Waals surface area (Å²) in [5.41, 5.74) is 2.56. The van der Waals surface area contributed by atoms with E-state index in [4.69, 9.17) is 5.11 Å². The first-order valence-corrected chi connectivity index (χ1v) is 6.79. The van der Waals surface area contributed by atoms with Gasteiger partial charge in [0, 0.05) is 13.1 Å². The zero-order valence-corrected chi connectivity index (χ0v) is 12.0. The number of benzene rings is 2. The average Bonchev–Trinajstić information content (AvgIpc) is 2.48. The Bertz CT molecular complexity index is 643. The summed E-state index contributed by atoms with van der Waals surface area (Å²) in [5, 5.41) is 8.69. The molecule has 2 rings (SSSR count). The Labute approximate surface area is 124 Å². The quantitative estimate of drug-likeness (QED) is 0.872. The molecule has 0 bridgehead atoms. The van der Waals surface area contributed by atoms with E-state index >= 15 is 0 Å². The molecule has 0 amide bonds. The molecule has 3 heteroatoms. The van der Waals surface area contributed by atoms with Gasteiger partial charge in [0.15, 0.2) is 0 Å². The molecule has 2 aromatic carbocycles. The number of aliphatic hydroxyl groups is 1. The van der Waals surface area contributed by atoms with E-state index in [0.29, 0.717) is 12.1 Å². The van der Waals surface area contributed by atoms with Gasteiger partial charge in [-0.25, -0.2) is 4.39 Å². The molecule has 2 nitrogen and oxygen atoms in total. The highest BCUT2D eigenvalue weighted by Crippen LogP contribution is 2.12. The second-order valence-electron chi connectivity index (χ2n) is 4.93. The lowest BCUT2D eigenvalue weighted by Crippen LogP contribution is -2.17. The topological polar surface area (TPSA) is 23.5 Å². The van der Waals surface area contributed by atoms with Crippen LogP contribution in [-0.4, -0.2) is 23.7 Å². The molecule has 0 aliphatic heterocycles. The maximum absolute atomic E-state index is 13.6. The Morgan fingerprint density at radius 1 is 1.05 bits per heavy atom. The summed E-state index contributed by atoms with van der Waals surface area (Å²) >= 11 is 0. The first-order chi connectivity index (χ1) is 10.2. The molecule has 0 unspecified atom stereocenters. The normalized spacial score (nSPS) is 10.3. The molecule has 0 aliphatic carbocycles. The Hall–Kier alpha value is -2.15. The van der Waals surface area contributed by atoms with E-state index in [-0.39, 0.29) is 12.4 Å². The first kappa shape index (κ1) is 15.2. The smallest absolute Gasteiger partial charge is 0.138 e. The number of hydrogen-bond donors (Lipinski definition) is 1. The van der Waals surface area contributed by atoms with Gasteiger partial charge < -0.3 is 5.11 Å². The zero-order chi connectivity index (χ0) is 15.1. The van der Waals surface area contributed by atoms with Crippen molar-refractivity contribution in [1.29, 1.82) is 0 Å². The molecular formula is C18H18FNO. The molecular weight excluding hydrogens is 265 g/mol. The third-order valence-corrected chi connectivity index (χ3v) is 3.08. The first-order valence-electron chi connectivity index (χ1n) is 6.79. The van der Waals surface area contributed by atoms with Gasteiger partial charge in [-0.1, -0.05) is 48.2 Å². The van der Waals surface area contributed by atoms with Gasteiger partial charge in [0.25, 0.3) is 0 Å². The molecule has 0 atom stereocenters. The number of hydrogen-bond acceptors (Lipinski definition) is 2. The summed E-state index contributed by atoms with van der Waals surface area (Å²) in [6.45, 7) is 1.27. The predicted molar refractivity (Wildman–Crippen MR) is 82.0 cm³/mol. The highest BCUT2D eigenvalue weighted by Gasteiger charge is 2.05. The van der Waals surface area contributed by atoms with E-state index < -0.39 is 0 Å². The van der Waals surface area contributed by atoms with Crippen LogP contribution in [0.5, 0.6) is 0 Å². The third kappa shape index (κ3) is 4.71. The maximum Gasteiger partial charge on any atom is 0.138 e. The van der Waals surface area contributed by atoms with E-state index in [1.165, 1.54) is 11.6 Å². The molecule has 1 N–H and O–H groups in total. The highest BCUT2D eigenvalue weighted by atomic mass is 19.1. The maximum atomic E-state index is 13.6. The lowest BCUT2D eigenvalue weighted by molar-refractivity contribution is 0.319. The fourth-order valence-corrected chi connectivity index (χ4v) is 2.16. The van der Waals surface area contributed by atoms with Crippen LogP contribution in [0.3, 0.4) is 0 Å². The van der Waals surface area contributed by atoms with Gasteiger partial charge in [-0.15, -0.1) is 0 Å². The van der Waals surface area contributed by atoms with Crippen LogP contribution in [-0.2, 0) is 13.1 Å². The largest absolute Gasteiger partial charge is 0.384 e. The number of halogens is 1. The molecule has 2 aromatic rings. The minimum Gasteiger partial charge on any atom is -0.384 e. The van der Waals surface area contributed by atoms with Crippen LogP contribution in [0.2, 0.25) is 0 Å². The average molecular weight is 283 g/mol. The van der Waals surface area contributed by atoms with Crippen LogP contribution in [0.1, 0.15) is 16.7 Å². The van der Waals surface area contributed by atoms with Crippen molar-refractivity contribution < 1.29 is 9.50 Å². The zero-order valence-electron chi connectivity index (χ0n) is 12.0. The van der Waals surface area contributed by atoms with Crippen molar-refractivity contribution in [2.75, 3.05) is 13.7 Å². The molecule has 0 aromatic heterocycles. The minimum absolute atomic E-state index is 0.266. The molecule has 0 saturated carbocycles. The van der Waals surface area contributed by atoms with Crippen molar-refractivity contribution in [1.82, 2.24) is 4.90 Å². The van der Waals surface area contributed by atoms with E-state index in [1.54, 1.807) is 12.1 Å². The van der Waals surface area contributed by atoms with Crippen molar-refractivity contribution in [3.63, 3.8) is 0 Å². The van der Waals surface area contributed by atoms with Crippen LogP contribution in [0.4, 0.5) is 4.39 Å². The highest BCUT2D eigenvalue weighted by molar-refractivity contribution is 5.38. The van der Waals surface area contributed by atoms with Crippen LogP contribution in [0, 0.1) is 17.7 Å². The number of rotatable bonds is 4. The van der Waals surface area contributed by atoms with Crippen LogP contribution in [0.25, 0.3) is 0 Å². The molecule has 0 radical (unpaired) electrons. The third-order valence-electron chi connectivity index (χ3n) is 3.08. The lowest BCUT2D eigenvalue weighted by Gasteiger charge is -2.17. The van der Waals surface area contributed by atoms with E-state index in [1.807, 2.05) is 25.2 Å². The molecule has 0 fully saturated rings. The van der Waals surface area contributed by atoms with E-state index in [9.17, 15) is 4.39 Å². The van der Waals surface area contributed by atoms with Gasteiger partial charge in [0.05, 0.1) is 5.56 Å². The summed E-state index contributed by atoms with van der Waals surface area (Å²) in [4.78, 5) is 2.16. The second kappa shape index (κ2) is 7.58. The van der Waals surface area contributed by atoms with Gasteiger partial charge in [0.2, 0.25) is 0 Å². The Kier molecular flexibility index (Phi) is 5.51. The summed E-state index contributed by atoms with van der Waals surface area (Å²) in [6, 6.07) is 15.1. The minimum atomic E-state index is -0.356. The van der Waals surface area contributed by atoms with Gasteiger partial charge in [0.1, 0.15) is 12.4 Å². The fraction of sp³-hybridized carbons (Fsp3) is 0.222. The van der Waals surface area contributed by atoms with Crippen molar-refractivity contribution in [3.8, 4) is 11.8 Å². The monoisotopic (exact) mass is 283 g/mol. The Balaban J connectivity index is 2.05. The van der Waals surface area contributed by atoms with Crippen molar-refractivity contribution in [3.05, 3.63) is 71.0 Å². The van der Waals surface area contributed by atoms with Gasteiger partial charge >= 0.3 is 0 Å². The summed E-state index contributed by atoms with van der Waals surface area (Å²) in [7, 11) is 2.02. The van der Waals surface area contributed by atoms with Crippen molar-refractivity contribution in [2.45, 2.75) is 13.1 Å². The van der Waals surface area contributed by atoms with Gasteiger partial charge in [-0.2, -0.15) is 0 Å². The summed E-state index contributed by atoms with van der Waals surface area (Å²) in [5.74, 6) is 4.75. The predicted octanol–water partition coefficient (Wildman–Crippen LogP) is 2.80. The second-order valence-corrected chi connectivity index (χ2v) is 4.93. The summed E-state index contributed by atoms with van der Waals surface area (Å²) in [6.07, 6.45) is 0. The molecule has 21 heavy (non-hydrogen) atoms. The molecule has 0 heterocycles. The lowest BCUT2D eigenvalue weighted by atomic mass is 10.1. The van der Waals surface area contributed by atoms with Crippen molar-refractivity contribution in [2.24, 2.45) is 0 Å². The van der Waals surface area contributed by atoms with Crippen LogP contribution >= 0.6 is 0 Å². The molecule has 0 aliphatic rings. The molecule has 108 valence electrons. The van der Waals surface area contributed by atoms with Crippen molar-refractivity contribution >= 4 is 0 Å². The number of nitrogens with zero attached hydrogens (tertiary/aromatic N) is 1. The van der Waals surface area contributed by atoms with Gasteiger partial charge in [-0.05, 0) is 30.3 Å². The van der Waals surface area contributed by atoms with Gasteiger partial charge in [-0.3, -0.25) is 4.90 Å². The fourth-order valence-electron chi connectivity index (χ4n) is 2.16. The summed E-state index contributed by atoms with van der Waals surface area (Å²) < 4.78 is 13.6. The van der Waals surface area contributed by atoms with Crippen LogP contribution in [0.15, 0.2) is 48.5 Å².